The van der Waals surface area contributed by atoms with Crippen molar-refractivity contribution in [1.29, 1.82) is 0 Å². The molecule has 0 radical (unpaired) electrons. The van der Waals surface area contributed by atoms with Crippen LogP contribution < -0.4 is 4.90 Å². The first kappa shape index (κ1) is 17.6. The summed E-state index contributed by atoms with van der Waals surface area (Å²) in [6.45, 7) is 9.77. The standard InChI is InChI=1S/C14H23N3O3S/c1-5-16(9-13(19)20-7-3)8-12-10-21-14(15-12)17(6-2)11(4)18/h10H,5-9H2,1-4H3. The second kappa shape index (κ2) is 8.74. The van der Waals surface area contributed by atoms with E-state index >= 15 is 0 Å². The van der Waals surface area contributed by atoms with Crippen LogP contribution in [0.4, 0.5) is 5.13 Å². The summed E-state index contributed by atoms with van der Waals surface area (Å²) >= 11 is 1.44. The highest BCUT2D eigenvalue weighted by Crippen LogP contribution is 2.21. The largest absolute Gasteiger partial charge is 0.465 e. The van der Waals surface area contributed by atoms with Gasteiger partial charge in [-0.15, -0.1) is 11.3 Å². The smallest absolute Gasteiger partial charge is 0.320 e. The molecule has 0 aliphatic carbocycles. The van der Waals surface area contributed by atoms with Gasteiger partial charge in [-0.2, -0.15) is 0 Å². The van der Waals surface area contributed by atoms with Crippen LogP contribution >= 0.6 is 11.3 Å². The minimum Gasteiger partial charge on any atom is -0.465 e. The van der Waals surface area contributed by atoms with E-state index in [0.29, 0.717) is 24.8 Å². The van der Waals surface area contributed by atoms with Gasteiger partial charge in [-0.05, 0) is 20.4 Å². The highest BCUT2D eigenvalue weighted by molar-refractivity contribution is 7.14. The van der Waals surface area contributed by atoms with Crippen LogP contribution in [0.1, 0.15) is 33.4 Å². The molecule has 1 amide bonds. The van der Waals surface area contributed by atoms with E-state index in [0.717, 1.165) is 12.2 Å². The van der Waals surface area contributed by atoms with Crippen LogP contribution in [0, 0.1) is 0 Å². The van der Waals surface area contributed by atoms with Gasteiger partial charge in [-0.25, -0.2) is 4.98 Å². The maximum absolute atomic E-state index is 11.5. The van der Waals surface area contributed by atoms with E-state index in [9.17, 15) is 9.59 Å². The van der Waals surface area contributed by atoms with Crippen molar-refractivity contribution in [3.63, 3.8) is 0 Å². The molecule has 6 nitrogen and oxygen atoms in total. The van der Waals surface area contributed by atoms with Crippen molar-refractivity contribution in [3.8, 4) is 0 Å². The Balaban J connectivity index is 2.67. The summed E-state index contributed by atoms with van der Waals surface area (Å²) in [6, 6.07) is 0. The predicted octanol–water partition coefficient (Wildman–Crippen LogP) is 1.90. The normalized spacial score (nSPS) is 10.7. The molecule has 0 atom stereocenters. The molecule has 0 bridgehead atoms. The molecule has 0 unspecified atom stereocenters. The van der Waals surface area contributed by atoms with Crippen molar-refractivity contribution in [3.05, 3.63) is 11.1 Å². The molecule has 0 aromatic carbocycles. The van der Waals surface area contributed by atoms with Gasteiger partial charge in [-0.3, -0.25) is 19.4 Å². The first-order valence-electron chi connectivity index (χ1n) is 7.12. The highest BCUT2D eigenvalue weighted by atomic mass is 32.1. The fraction of sp³-hybridized carbons (Fsp3) is 0.643. The average molecular weight is 313 g/mol. The van der Waals surface area contributed by atoms with Gasteiger partial charge in [0.1, 0.15) is 0 Å². The number of nitrogens with zero attached hydrogens (tertiary/aromatic N) is 3. The Bertz CT molecular complexity index is 476. The van der Waals surface area contributed by atoms with Crippen molar-refractivity contribution in [2.75, 3.05) is 31.1 Å². The number of esters is 1. The topological polar surface area (TPSA) is 62.7 Å². The quantitative estimate of drug-likeness (QED) is 0.686. The van der Waals surface area contributed by atoms with E-state index in [4.69, 9.17) is 4.74 Å². The summed E-state index contributed by atoms with van der Waals surface area (Å²) in [5.74, 6) is -0.244. The molecule has 21 heavy (non-hydrogen) atoms. The number of thiazole rings is 1. The fourth-order valence-corrected chi connectivity index (χ4v) is 2.81. The molecule has 0 aliphatic heterocycles. The Hall–Kier alpha value is -1.47. The Morgan fingerprint density at radius 3 is 2.52 bits per heavy atom. The molecule has 0 saturated heterocycles. The van der Waals surface area contributed by atoms with Crippen molar-refractivity contribution < 1.29 is 14.3 Å². The van der Waals surface area contributed by atoms with Gasteiger partial charge in [0.25, 0.3) is 0 Å². The van der Waals surface area contributed by atoms with E-state index in [-0.39, 0.29) is 18.4 Å². The van der Waals surface area contributed by atoms with Crippen LogP contribution in [0.25, 0.3) is 0 Å². The van der Waals surface area contributed by atoms with Gasteiger partial charge in [0.05, 0.1) is 18.8 Å². The zero-order valence-corrected chi connectivity index (χ0v) is 13.9. The molecule has 0 N–H and O–H groups in total. The maximum Gasteiger partial charge on any atom is 0.320 e. The summed E-state index contributed by atoms with van der Waals surface area (Å²) in [7, 11) is 0. The van der Waals surface area contributed by atoms with Crippen LogP contribution in [0.15, 0.2) is 5.38 Å². The Morgan fingerprint density at radius 2 is 2.00 bits per heavy atom. The lowest BCUT2D eigenvalue weighted by Crippen LogP contribution is -2.31. The first-order chi connectivity index (χ1) is 10.0. The lowest BCUT2D eigenvalue weighted by molar-refractivity contribution is -0.144. The Kier molecular flexibility index (Phi) is 7.31. The van der Waals surface area contributed by atoms with Gasteiger partial charge in [0, 0.05) is 25.4 Å². The highest BCUT2D eigenvalue weighted by Gasteiger charge is 2.16. The number of amides is 1. The summed E-state index contributed by atoms with van der Waals surface area (Å²) in [4.78, 5) is 31.1. The number of carbonyl (C=O) groups excluding carboxylic acids is 2. The summed E-state index contributed by atoms with van der Waals surface area (Å²) < 4.78 is 4.95. The molecule has 1 aromatic heterocycles. The van der Waals surface area contributed by atoms with Gasteiger partial charge >= 0.3 is 5.97 Å². The molecule has 0 aliphatic rings. The summed E-state index contributed by atoms with van der Waals surface area (Å²) in [6.07, 6.45) is 0. The second-order valence-electron chi connectivity index (χ2n) is 4.49. The third kappa shape index (κ3) is 5.43. The zero-order chi connectivity index (χ0) is 15.8. The molecule has 1 rings (SSSR count). The molecule has 1 aromatic rings. The molecular formula is C14H23N3O3S. The number of likely N-dealkylation sites (N-methyl/N-ethyl adjacent to an activating group) is 1. The Morgan fingerprint density at radius 1 is 1.29 bits per heavy atom. The molecule has 7 heteroatoms. The van der Waals surface area contributed by atoms with Crippen molar-refractivity contribution in [2.24, 2.45) is 0 Å². The number of ether oxygens (including phenoxy) is 1. The lowest BCUT2D eigenvalue weighted by Gasteiger charge is -2.18. The lowest BCUT2D eigenvalue weighted by atomic mass is 10.4. The van der Waals surface area contributed by atoms with E-state index in [1.54, 1.807) is 11.8 Å². The summed E-state index contributed by atoms with van der Waals surface area (Å²) in [5.41, 5.74) is 0.862. The van der Waals surface area contributed by atoms with Gasteiger partial charge in [0.2, 0.25) is 5.91 Å². The zero-order valence-electron chi connectivity index (χ0n) is 13.1. The maximum atomic E-state index is 11.5. The first-order valence-corrected chi connectivity index (χ1v) is 8.00. The fourth-order valence-electron chi connectivity index (χ4n) is 1.88. The third-order valence-electron chi connectivity index (χ3n) is 2.96. The van der Waals surface area contributed by atoms with Crippen LogP contribution in [0.5, 0.6) is 0 Å². The molecule has 0 saturated carbocycles. The van der Waals surface area contributed by atoms with Gasteiger partial charge in [0.15, 0.2) is 5.13 Å². The Labute approximate surface area is 129 Å². The van der Waals surface area contributed by atoms with Crippen LogP contribution in [0.2, 0.25) is 0 Å². The minimum absolute atomic E-state index is 0.0164. The van der Waals surface area contributed by atoms with E-state index in [1.165, 1.54) is 18.3 Å². The number of anilines is 1. The summed E-state index contributed by atoms with van der Waals surface area (Å²) in [5, 5.41) is 2.63. The monoisotopic (exact) mass is 313 g/mol. The van der Waals surface area contributed by atoms with Crippen molar-refractivity contribution in [2.45, 2.75) is 34.2 Å². The van der Waals surface area contributed by atoms with Crippen molar-refractivity contribution in [1.82, 2.24) is 9.88 Å². The molecule has 118 valence electrons. The average Bonchev–Trinajstić information content (AvgIpc) is 2.87. The molecular weight excluding hydrogens is 290 g/mol. The van der Waals surface area contributed by atoms with Crippen LogP contribution in [0.3, 0.4) is 0 Å². The molecule has 0 spiro atoms. The number of rotatable bonds is 8. The van der Waals surface area contributed by atoms with E-state index in [2.05, 4.69) is 4.98 Å². The van der Waals surface area contributed by atoms with Gasteiger partial charge < -0.3 is 4.74 Å². The SMILES string of the molecule is CCOC(=O)CN(CC)Cc1csc(N(CC)C(C)=O)n1. The second-order valence-corrected chi connectivity index (χ2v) is 5.33. The van der Waals surface area contributed by atoms with Crippen LogP contribution in [-0.4, -0.2) is 48.0 Å². The predicted molar refractivity (Wildman–Crippen MR) is 83.4 cm³/mol. The van der Waals surface area contributed by atoms with E-state index < -0.39 is 0 Å². The number of carbonyl (C=O) groups is 2. The number of hydrogen-bond acceptors (Lipinski definition) is 6. The molecule has 1 heterocycles. The minimum atomic E-state index is -0.228. The third-order valence-corrected chi connectivity index (χ3v) is 3.87. The van der Waals surface area contributed by atoms with Crippen molar-refractivity contribution >= 4 is 28.3 Å². The number of aromatic nitrogens is 1. The van der Waals surface area contributed by atoms with Crippen LogP contribution in [-0.2, 0) is 20.9 Å². The number of hydrogen-bond donors (Lipinski definition) is 0. The van der Waals surface area contributed by atoms with E-state index in [1.807, 2.05) is 24.1 Å². The van der Waals surface area contributed by atoms with Gasteiger partial charge in [-0.1, -0.05) is 6.92 Å². The molecule has 0 fully saturated rings.